The number of nitrogens with zero attached hydrogens (tertiary/aromatic N) is 2. The molecule has 1 aromatic heterocycles. The molecule has 1 amide bonds. The molecule has 2 aromatic rings. The second-order valence-corrected chi connectivity index (χ2v) is 8.38. The molecule has 0 spiro atoms. The van der Waals surface area contributed by atoms with Crippen LogP contribution in [-0.2, 0) is 11.3 Å². The molecular weight excluding hydrogens is 441 g/mol. The normalized spacial score (nSPS) is 10.8. The first-order valence-corrected chi connectivity index (χ1v) is 11.5. The van der Waals surface area contributed by atoms with Gasteiger partial charge in [0.2, 0.25) is 5.43 Å². The van der Waals surface area contributed by atoms with Gasteiger partial charge in [-0.25, -0.2) is 9.59 Å². The van der Waals surface area contributed by atoms with E-state index in [2.05, 4.69) is 10.2 Å². The van der Waals surface area contributed by atoms with Crippen LogP contribution in [0.2, 0.25) is 0 Å². The number of fused-ring (bicyclic) bond motifs is 1. The van der Waals surface area contributed by atoms with Crippen molar-refractivity contribution in [2.75, 3.05) is 39.0 Å². The van der Waals surface area contributed by atoms with Crippen molar-refractivity contribution < 1.29 is 50.4 Å². The quantitative estimate of drug-likeness (QED) is 0.261. The van der Waals surface area contributed by atoms with Crippen molar-refractivity contribution >= 4 is 34.7 Å². The summed E-state index contributed by atoms with van der Waals surface area (Å²) >= 11 is 1.60. The molecular formula is C22H32N3NaO5S. The number of benzene rings is 1. The van der Waals surface area contributed by atoms with E-state index in [0.29, 0.717) is 31.6 Å². The van der Waals surface area contributed by atoms with Gasteiger partial charge in [-0.05, 0) is 38.6 Å². The Morgan fingerprint density at radius 3 is 2.69 bits per heavy atom. The Balaban J connectivity index is 0.00000512. The fourth-order valence-corrected chi connectivity index (χ4v) is 4.02. The standard InChI is InChI=1S/C22H31N3O5S.Na.H/c1-4-6-12-30-22(29)23-9-10-24(3)11-13-31-16-7-8-19-17(14-16)20(26)18(21(27)28)15-25(19)5-2;;/h7-8,14-15H,4-6,9-13H2,1-3H3,(H,23,29)(H,27,28);;/q;+1;-1. The van der Waals surface area contributed by atoms with Gasteiger partial charge in [0.15, 0.2) is 0 Å². The molecule has 0 fully saturated rings. The minimum atomic E-state index is -1.21. The molecule has 2 rings (SSSR count). The Bertz CT molecular complexity index is 973. The Labute approximate surface area is 216 Å². The molecule has 172 valence electrons. The number of unbranched alkanes of at least 4 members (excludes halogenated alkanes) is 1. The van der Waals surface area contributed by atoms with Crippen LogP contribution in [0, 0.1) is 0 Å². The van der Waals surface area contributed by atoms with Crippen molar-refractivity contribution in [3.05, 3.63) is 40.2 Å². The molecule has 2 N–H and O–H groups in total. The number of nitrogens with one attached hydrogen (secondary N) is 1. The molecule has 10 heteroatoms. The second kappa shape index (κ2) is 14.6. The van der Waals surface area contributed by atoms with Gasteiger partial charge in [0, 0.05) is 48.4 Å². The summed E-state index contributed by atoms with van der Waals surface area (Å²) in [7, 11) is 1.98. The van der Waals surface area contributed by atoms with Crippen LogP contribution in [0.4, 0.5) is 4.79 Å². The molecule has 0 unspecified atom stereocenters. The number of hydrogen-bond acceptors (Lipinski definition) is 6. The molecule has 8 nitrogen and oxygen atoms in total. The third-order valence-corrected chi connectivity index (χ3v) is 5.83. The maximum absolute atomic E-state index is 12.6. The average Bonchev–Trinajstić information content (AvgIpc) is 2.74. The summed E-state index contributed by atoms with van der Waals surface area (Å²) in [5.41, 5.74) is 0.0662. The minimum Gasteiger partial charge on any atom is -1.00 e. The molecule has 0 radical (unpaired) electrons. The Hall–Kier alpha value is -1.52. The molecule has 0 aliphatic carbocycles. The Kier molecular flexibility index (Phi) is 13.0. The number of carboxylic acid groups (broad SMARTS) is 1. The smallest absolute Gasteiger partial charge is 1.00 e. The van der Waals surface area contributed by atoms with E-state index in [1.54, 1.807) is 22.4 Å². The van der Waals surface area contributed by atoms with Crippen LogP contribution in [0.25, 0.3) is 10.9 Å². The third-order valence-electron chi connectivity index (χ3n) is 4.86. The first-order chi connectivity index (χ1) is 14.9. The van der Waals surface area contributed by atoms with Crippen LogP contribution in [-0.4, -0.2) is 65.7 Å². The summed E-state index contributed by atoms with van der Waals surface area (Å²) in [5.74, 6) is -0.416. The number of amides is 1. The molecule has 1 aromatic carbocycles. The number of hydrogen-bond donors (Lipinski definition) is 2. The summed E-state index contributed by atoms with van der Waals surface area (Å²) in [4.78, 5) is 38.5. The zero-order chi connectivity index (χ0) is 22.8. The van der Waals surface area contributed by atoms with Crippen molar-refractivity contribution in [3.63, 3.8) is 0 Å². The summed E-state index contributed by atoms with van der Waals surface area (Å²) in [6.45, 7) is 6.98. The Morgan fingerprint density at radius 1 is 1.28 bits per heavy atom. The summed E-state index contributed by atoms with van der Waals surface area (Å²) in [6.07, 6.45) is 2.87. The van der Waals surface area contributed by atoms with E-state index in [0.717, 1.165) is 35.6 Å². The predicted molar refractivity (Wildman–Crippen MR) is 124 cm³/mol. The summed E-state index contributed by atoms with van der Waals surface area (Å²) in [6, 6.07) is 5.59. The molecule has 0 saturated heterocycles. The molecule has 0 atom stereocenters. The number of thioether (sulfide) groups is 1. The zero-order valence-electron chi connectivity index (χ0n) is 20.3. The topological polar surface area (TPSA) is 101 Å². The Morgan fingerprint density at radius 2 is 2.03 bits per heavy atom. The van der Waals surface area contributed by atoms with Crippen molar-refractivity contribution in [3.8, 4) is 0 Å². The van der Waals surface area contributed by atoms with Crippen LogP contribution in [0.1, 0.15) is 38.5 Å². The van der Waals surface area contributed by atoms with Gasteiger partial charge in [-0.15, -0.1) is 11.8 Å². The first kappa shape index (κ1) is 28.5. The van der Waals surface area contributed by atoms with E-state index in [1.165, 1.54) is 6.20 Å². The van der Waals surface area contributed by atoms with Crippen LogP contribution >= 0.6 is 11.8 Å². The van der Waals surface area contributed by atoms with Crippen molar-refractivity contribution in [1.29, 1.82) is 0 Å². The van der Waals surface area contributed by atoms with Crippen LogP contribution < -0.4 is 40.3 Å². The van der Waals surface area contributed by atoms with Crippen LogP contribution in [0.15, 0.2) is 34.1 Å². The van der Waals surface area contributed by atoms with E-state index in [-0.39, 0.29) is 42.6 Å². The SMILES string of the molecule is CCCCOC(=O)NCCN(C)CCSc1ccc2c(c1)c(=O)c(C(=O)O)cn2CC.[H-].[Na+]. The van der Waals surface area contributed by atoms with E-state index in [4.69, 9.17) is 4.74 Å². The van der Waals surface area contributed by atoms with Gasteiger partial charge in [0.25, 0.3) is 0 Å². The molecule has 32 heavy (non-hydrogen) atoms. The molecule has 0 aliphatic heterocycles. The monoisotopic (exact) mass is 473 g/mol. The molecule has 0 bridgehead atoms. The van der Waals surface area contributed by atoms with Gasteiger partial charge in [-0.2, -0.15) is 0 Å². The fraction of sp³-hybridized carbons (Fsp3) is 0.500. The van der Waals surface area contributed by atoms with Crippen molar-refractivity contribution in [1.82, 2.24) is 14.8 Å². The number of carbonyl (C=O) groups excluding carboxylic acids is 1. The average molecular weight is 474 g/mol. The zero-order valence-corrected chi connectivity index (χ0v) is 22.2. The maximum Gasteiger partial charge on any atom is 1.00 e. The number of ether oxygens (including phenoxy) is 1. The number of carbonyl (C=O) groups is 2. The summed E-state index contributed by atoms with van der Waals surface area (Å²) in [5, 5.41) is 12.5. The van der Waals surface area contributed by atoms with Gasteiger partial charge in [-0.3, -0.25) is 4.79 Å². The van der Waals surface area contributed by atoms with Crippen molar-refractivity contribution in [2.45, 2.75) is 38.1 Å². The fourth-order valence-electron chi connectivity index (χ4n) is 3.02. The summed E-state index contributed by atoms with van der Waals surface area (Å²) < 4.78 is 6.83. The predicted octanol–water partition coefficient (Wildman–Crippen LogP) is 0.386. The number of carboxylic acids is 1. The number of aryl methyl sites for hydroxylation is 1. The first-order valence-electron chi connectivity index (χ1n) is 10.5. The third kappa shape index (κ3) is 8.44. The van der Waals surface area contributed by atoms with E-state index in [1.807, 2.05) is 33.0 Å². The molecule has 0 saturated carbocycles. The van der Waals surface area contributed by atoms with Crippen molar-refractivity contribution in [2.24, 2.45) is 0 Å². The van der Waals surface area contributed by atoms with E-state index in [9.17, 15) is 19.5 Å². The molecule has 0 aliphatic rings. The largest absolute Gasteiger partial charge is 1.00 e. The number of alkyl carbamates (subject to hydrolysis) is 1. The number of likely N-dealkylation sites (N-methyl/N-ethyl adjacent to an activating group) is 1. The van der Waals surface area contributed by atoms with Gasteiger partial charge >= 0.3 is 41.6 Å². The van der Waals surface area contributed by atoms with Gasteiger partial charge in [0.1, 0.15) is 5.56 Å². The maximum atomic E-state index is 12.6. The van der Waals surface area contributed by atoms with E-state index >= 15 is 0 Å². The van der Waals surface area contributed by atoms with Gasteiger partial charge in [0.05, 0.1) is 12.1 Å². The minimum absolute atomic E-state index is 0. The number of rotatable bonds is 12. The van der Waals surface area contributed by atoms with Gasteiger partial charge < -0.3 is 26.1 Å². The van der Waals surface area contributed by atoms with Gasteiger partial charge in [-0.1, -0.05) is 13.3 Å². The second-order valence-electron chi connectivity index (χ2n) is 7.21. The number of aromatic carboxylic acids is 1. The van der Waals surface area contributed by atoms with Crippen LogP contribution in [0.3, 0.4) is 0 Å². The number of pyridine rings is 1. The molecule has 1 heterocycles. The van der Waals surface area contributed by atoms with Crippen LogP contribution in [0.5, 0.6) is 0 Å². The van der Waals surface area contributed by atoms with E-state index < -0.39 is 11.4 Å². The number of aromatic nitrogens is 1.